The lowest BCUT2D eigenvalue weighted by Gasteiger charge is -2.30. The number of aromatic nitrogens is 1. The van der Waals surface area contributed by atoms with Crippen molar-refractivity contribution < 1.29 is 9.63 Å². The number of thiazole rings is 1. The number of nitrogens with zero attached hydrogens (tertiary/aromatic N) is 4. The van der Waals surface area contributed by atoms with Gasteiger partial charge in [-0.1, -0.05) is 0 Å². The topological polar surface area (TPSA) is 117 Å². The van der Waals surface area contributed by atoms with Gasteiger partial charge in [-0.2, -0.15) is 5.26 Å². The van der Waals surface area contributed by atoms with E-state index in [9.17, 15) is 4.79 Å². The van der Waals surface area contributed by atoms with Crippen LogP contribution in [0.3, 0.4) is 0 Å². The van der Waals surface area contributed by atoms with Crippen molar-refractivity contribution in [2.24, 2.45) is 10.7 Å². The van der Waals surface area contributed by atoms with Crippen LogP contribution in [0.5, 0.6) is 0 Å². The molecular formula is C16H26N6O2S. The minimum absolute atomic E-state index is 0.210. The Balaban J connectivity index is 2.58. The highest BCUT2D eigenvalue weighted by Gasteiger charge is 2.33. The van der Waals surface area contributed by atoms with Gasteiger partial charge in [0.15, 0.2) is 5.13 Å². The third kappa shape index (κ3) is 7.17. The molecule has 1 aromatic rings. The van der Waals surface area contributed by atoms with Gasteiger partial charge in [-0.3, -0.25) is 25.0 Å². The molecule has 0 unspecified atom stereocenters. The summed E-state index contributed by atoms with van der Waals surface area (Å²) in [5.41, 5.74) is 7.91. The van der Waals surface area contributed by atoms with Gasteiger partial charge in [-0.15, -0.1) is 11.3 Å². The van der Waals surface area contributed by atoms with E-state index in [0.29, 0.717) is 30.5 Å². The number of anilines is 1. The Hall–Kier alpha value is -2.02. The van der Waals surface area contributed by atoms with Crippen LogP contribution in [0.2, 0.25) is 0 Å². The number of hydrogen-bond acceptors (Lipinski definition) is 7. The van der Waals surface area contributed by atoms with Crippen LogP contribution < -0.4 is 16.1 Å². The van der Waals surface area contributed by atoms with Crippen LogP contribution in [0.15, 0.2) is 16.6 Å². The minimum atomic E-state index is -1.01. The molecule has 1 amide bonds. The maximum absolute atomic E-state index is 12.8. The SMILES string of the molecule is CONC(C)=NCCCC[C@](C)(N)C(=O)N(CCC#N)c1nccs1. The molecule has 25 heavy (non-hydrogen) atoms. The summed E-state index contributed by atoms with van der Waals surface area (Å²) < 4.78 is 0. The summed E-state index contributed by atoms with van der Waals surface area (Å²) >= 11 is 1.36. The molecule has 1 rings (SSSR count). The average Bonchev–Trinajstić information content (AvgIpc) is 3.09. The highest BCUT2D eigenvalue weighted by molar-refractivity contribution is 7.13. The molecule has 1 heterocycles. The molecule has 0 aromatic carbocycles. The van der Waals surface area contributed by atoms with E-state index < -0.39 is 5.54 Å². The average molecular weight is 366 g/mol. The Kier molecular flexibility index (Phi) is 9.05. The maximum atomic E-state index is 12.8. The number of nitrogens with two attached hydrogens (primary N) is 1. The molecule has 1 atom stereocenters. The molecule has 8 nitrogen and oxygen atoms in total. The normalized spacial score (nSPS) is 13.8. The van der Waals surface area contributed by atoms with Gasteiger partial charge < -0.3 is 5.73 Å². The van der Waals surface area contributed by atoms with E-state index in [-0.39, 0.29) is 12.3 Å². The van der Waals surface area contributed by atoms with Crippen LogP contribution >= 0.6 is 11.3 Å². The Bertz CT molecular complexity index is 594. The van der Waals surface area contributed by atoms with Crippen LogP contribution in [0.1, 0.15) is 39.5 Å². The van der Waals surface area contributed by atoms with E-state index in [1.165, 1.54) is 23.3 Å². The Morgan fingerprint density at radius 1 is 1.60 bits per heavy atom. The van der Waals surface area contributed by atoms with Gasteiger partial charge in [0.25, 0.3) is 0 Å². The van der Waals surface area contributed by atoms with Crippen molar-refractivity contribution in [2.75, 3.05) is 25.1 Å². The number of rotatable bonds is 10. The Morgan fingerprint density at radius 2 is 2.36 bits per heavy atom. The second-order valence-electron chi connectivity index (χ2n) is 5.83. The highest BCUT2D eigenvalue weighted by atomic mass is 32.1. The number of aliphatic imine (C=N–C) groups is 1. The smallest absolute Gasteiger partial charge is 0.248 e. The molecule has 0 saturated carbocycles. The number of amidine groups is 1. The van der Waals surface area contributed by atoms with E-state index in [2.05, 4.69) is 21.5 Å². The second kappa shape index (κ2) is 10.8. The molecule has 0 spiro atoms. The van der Waals surface area contributed by atoms with Crippen molar-refractivity contribution in [3.05, 3.63) is 11.6 Å². The van der Waals surface area contributed by atoms with Crippen LogP contribution in [0.25, 0.3) is 0 Å². The van der Waals surface area contributed by atoms with E-state index in [1.807, 2.05) is 6.92 Å². The molecule has 3 N–H and O–H groups in total. The van der Waals surface area contributed by atoms with E-state index in [0.717, 1.165) is 12.8 Å². The molecule has 0 aliphatic rings. The Labute approximate surface area is 152 Å². The van der Waals surface area contributed by atoms with Gasteiger partial charge in [-0.25, -0.2) is 4.98 Å². The predicted octanol–water partition coefficient (Wildman–Crippen LogP) is 1.85. The first-order chi connectivity index (χ1) is 11.9. The Morgan fingerprint density at radius 3 is 2.96 bits per heavy atom. The van der Waals surface area contributed by atoms with Crippen molar-refractivity contribution in [3.8, 4) is 6.07 Å². The van der Waals surface area contributed by atoms with Gasteiger partial charge in [0.2, 0.25) is 5.91 Å². The first kappa shape index (κ1) is 21.0. The zero-order chi connectivity index (χ0) is 18.7. The number of carbonyl (C=O) groups is 1. The third-order valence-corrected chi connectivity index (χ3v) is 4.33. The quantitative estimate of drug-likeness (QED) is 0.282. The van der Waals surface area contributed by atoms with Crippen molar-refractivity contribution in [1.82, 2.24) is 10.5 Å². The van der Waals surface area contributed by atoms with Crippen LogP contribution in [0.4, 0.5) is 5.13 Å². The fourth-order valence-corrected chi connectivity index (χ4v) is 2.91. The first-order valence-corrected chi connectivity index (χ1v) is 8.97. The van der Waals surface area contributed by atoms with Gasteiger partial charge in [0, 0.05) is 24.7 Å². The number of nitriles is 1. The second-order valence-corrected chi connectivity index (χ2v) is 6.70. The number of nitrogens with one attached hydrogen (secondary N) is 1. The summed E-state index contributed by atoms with van der Waals surface area (Å²) in [6, 6.07) is 2.06. The molecular weight excluding hydrogens is 340 g/mol. The minimum Gasteiger partial charge on any atom is -0.318 e. The van der Waals surface area contributed by atoms with E-state index in [1.54, 1.807) is 18.5 Å². The van der Waals surface area contributed by atoms with Crippen LogP contribution in [-0.4, -0.2) is 42.5 Å². The lowest BCUT2D eigenvalue weighted by molar-refractivity contribution is -0.123. The van der Waals surface area contributed by atoms with Gasteiger partial charge >= 0.3 is 0 Å². The molecule has 0 bridgehead atoms. The van der Waals surface area contributed by atoms with Crippen molar-refractivity contribution in [3.63, 3.8) is 0 Å². The van der Waals surface area contributed by atoms with Crippen LogP contribution in [-0.2, 0) is 9.63 Å². The lowest BCUT2D eigenvalue weighted by atomic mass is 9.94. The largest absolute Gasteiger partial charge is 0.318 e. The van der Waals surface area contributed by atoms with Gasteiger partial charge in [0.05, 0.1) is 25.1 Å². The number of hydroxylamine groups is 1. The van der Waals surface area contributed by atoms with E-state index >= 15 is 0 Å². The standard InChI is InChI=1S/C16H26N6O2S/c1-13(21-24-3)19-9-5-4-7-16(2,18)14(23)22(11-6-8-17)15-20-10-12-25-15/h10,12H,4-7,9,11,18H2,1-3H3,(H,19,21)/t16-/m0/s1. The molecule has 0 aliphatic heterocycles. The summed E-state index contributed by atoms with van der Waals surface area (Å²) in [4.78, 5) is 27.6. The van der Waals surface area contributed by atoms with Crippen molar-refractivity contribution in [1.29, 1.82) is 5.26 Å². The summed E-state index contributed by atoms with van der Waals surface area (Å²) in [6.45, 7) is 4.48. The summed E-state index contributed by atoms with van der Waals surface area (Å²) in [5, 5.41) is 11.2. The monoisotopic (exact) mass is 366 g/mol. The summed E-state index contributed by atoms with van der Waals surface area (Å²) in [7, 11) is 1.53. The number of carbonyl (C=O) groups excluding carboxylic acids is 1. The molecule has 0 saturated heterocycles. The van der Waals surface area contributed by atoms with Gasteiger partial charge in [0.1, 0.15) is 5.84 Å². The number of amides is 1. The molecule has 9 heteroatoms. The fraction of sp³-hybridized carbons (Fsp3) is 0.625. The first-order valence-electron chi connectivity index (χ1n) is 8.09. The molecule has 0 radical (unpaired) electrons. The lowest BCUT2D eigenvalue weighted by Crippen LogP contribution is -2.53. The van der Waals surface area contributed by atoms with E-state index in [4.69, 9.17) is 15.8 Å². The maximum Gasteiger partial charge on any atom is 0.248 e. The molecule has 0 aliphatic carbocycles. The van der Waals surface area contributed by atoms with Crippen molar-refractivity contribution in [2.45, 2.75) is 45.1 Å². The predicted molar refractivity (Wildman–Crippen MR) is 99.3 cm³/mol. The van der Waals surface area contributed by atoms with Crippen LogP contribution in [0, 0.1) is 11.3 Å². The van der Waals surface area contributed by atoms with Gasteiger partial charge in [-0.05, 0) is 33.1 Å². The zero-order valence-corrected chi connectivity index (χ0v) is 15.8. The molecule has 138 valence electrons. The molecule has 1 aromatic heterocycles. The number of unbranched alkanes of at least 4 members (excludes halogenated alkanes) is 1. The number of hydrogen-bond donors (Lipinski definition) is 2. The fourth-order valence-electron chi connectivity index (χ4n) is 2.24. The molecule has 0 fully saturated rings. The highest BCUT2D eigenvalue weighted by Crippen LogP contribution is 2.23. The van der Waals surface area contributed by atoms with Crippen molar-refractivity contribution >= 4 is 28.2 Å². The third-order valence-electron chi connectivity index (χ3n) is 3.53. The summed E-state index contributed by atoms with van der Waals surface area (Å²) in [5.74, 6) is 0.499. The zero-order valence-electron chi connectivity index (χ0n) is 15.0. The summed E-state index contributed by atoms with van der Waals surface area (Å²) in [6.07, 6.45) is 3.99.